The fourth-order valence-corrected chi connectivity index (χ4v) is 2.13. The van der Waals surface area contributed by atoms with Crippen molar-refractivity contribution in [3.63, 3.8) is 0 Å². The van der Waals surface area contributed by atoms with Gasteiger partial charge in [-0.1, -0.05) is 25.1 Å². The smallest absolute Gasteiger partial charge is 0.0391 e. The maximum atomic E-state index is 5.73. The average molecular weight is 224 g/mol. The first-order chi connectivity index (χ1) is 7.36. The Morgan fingerprint density at radius 1 is 1.33 bits per heavy atom. The molecule has 0 heterocycles. The molecule has 0 amide bonds. The van der Waals surface area contributed by atoms with Gasteiger partial charge in [0.05, 0.1) is 0 Å². The van der Waals surface area contributed by atoms with Crippen molar-refractivity contribution in [3.8, 4) is 0 Å². The van der Waals surface area contributed by atoms with Gasteiger partial charge < -0.3 is 11.1 Å². The largest absolute Gasteiger partial charge is 0.381 e. The Labute approximate surface area is 96.6 Å². The Bertz CT molecular complexity index is 251. The van der Waals surface area contributed by atoms with Gasteiger partial charge >= 0.3 is 0 Å². The van der Waals surface area contributed by atoms with Crippen LogP contribution in [0.1, 0.15) is 13.3 Å². The fourth-order valence-electron chi connectivity index (χ4n) is 1.39. The van der Waals surface area contributed by atoms with Crippen LogP contribution in [0.25, 0.3) is 0 Å². The van der Waals surface area contributed by atoms with E-state index in [1.807, 2.05) is 30.0 Å². The van der Waals surface area contributed by atoms with Crippen molar-refractivity contribution >= 4 is 17.4 Å². The SMILES string of the molecule is CCSCCC(CN)Nc1ccccc1. The molecular formula is C12H20N2S. The van der Waals surface area contributed by atoms with Crippen LogP contribution in [-0.4, -0.2) is 24.1 Å². The molecule has 0 aliphatic heterocycles. The minimum absolute atomic E-state index is 0.395. The maximum Gasteiger partial charge on any atom is 0.0391 e. The van der Waals surface area contributed by atoms with E-state index in [2.05, 4.69) is 24.4 Å². The summed E-state index contributed by atoms with van der Waals surface area (Å²) in [6.45, 7) is 2.88. The van der Waals surface area contributed by atoms with Gasteiger partial charge in [0.25, 0.3) is 0 Å². The van der Waals surface area contributed by atoms with Gasteiger partial charge in [-0.15, -0.1) is 0 Å². The lowest BCUT2D eigenvalue weighted by atomic mass is 10.2. The maximum absolute atomic E-state index is 5.73. The summed E-state index contributed by atoms with van der Waals surface area (Å²) in [7, 11) is 0. The standard InChI is InChI=1S/C12H20N2S/c1-2-15-9-8-12(10-13)14-11-6-4-3-5-7-11/h3-7,12,14H,2,8-10,13H2,1H3. The molecule has 0 saturated heterocycles. The van der Waals surface area contributed by atoms with Crippen LogP contribution in [0.3, 0.4) is 0 Å². The average Bonchev–Trinajstić information content (AvgIpc) is 2.29. The second kappa shape index (κ2) is 7.60. The van der Waals surface area contributed by atoms with Crippen LogP contribution >= 0.6 is 11.8 Å². The molecule has 1 unspecified atom stereocenters. The van der Waals surface area contributed by atoms with Crippen molar-refractivity contribution in [2.24, 2.45) is 5.73 Å². The van der Waals surface area contributed by atoms with E-state index in [1.54, 1.807) is 0 Å². The number of rotatable bonds is 7. The predicted octanol–water partition coefficient (Wildman–Crippen LogP) is 2.57. The molecule has 0 radical (unpaired) electrons. The van der Waals surface area contributed by atoms with Gasteiger partial charge in [0.15, 0.2) is 0 Å². The van der Waals surface area contributed by atoms with Crippen LogP contribution in [0.2, 0.25) is 0 Å². The van der Waals surface area contributed by atoms with Gasteiger partial charge in [-0.05, 0) is 30.1 Å². The van der Waals surface area contributed by atoms with E-state index in [4.69, 9.17) is 5.73 Å². The number of hydrogen-bond acceptors (Lipinski definition) is 3. The molecule has 3 heteroatoms. The number of thioether (sulfide) groups is 1. The third-order valence-electron chi connectivity index (χ3n) is 2.24. The van der Waals surface area contributed by atoms with Crippen LogP contribution in [0.5, 0.6) is 0 Å². The summed E-state index contributed by atoms with van der Waals surface area (Å²) in [6, 6.07) is 10.7. The lowest BCUT2D eigenvalue weighted by Crippen LogP contribution is -2.29. The zero-order valence-electron chi connectivity index (χ0n) is 9.28. The number of benzene rings is 1. The van der Waals surface area contributed by atoms with Gasteiger partial charge in [0.1, 0.15) is 0 Å². The number of para-hydroxylation sites is 1. The Kier molecular flexibility index (Phi) is 6.28. The molecule has 0 fully saturated rings. The molecule has 0 bridgehead atoms. The molecule has 84 valence electrons. The lowest BCUT2D eigenvalue weighted by Gasteiger charge is -2.17. The summed E-state index contributed by atoms with van der Waals surface area (Å²) in [5.41, 5.74) is 6.89. The summed E-state index contributed by atoms with van der Waals surface area (Å²) >= 11 is 1.97. The first kappa shape index (κ1) is 12.4. The number of anilines is 1. The van der Waals surface area contributed by atoms with E-state index in [1.165, 1.54) is 11.5 Å². The van der Waals surface area contributed by atoms with Crippen LogP contribution in [0.15, 0.2) is 30.3 Å². The normalized spacial score (nSPS) is 12.4. The molecule has 1 atom stereocenters. The van der Waals surface area contributed by atoms with Crippen LogP contribution < -0.4 is 11.1 Å². The van der Waals surface area contributed by atoms with Crippen LogP contribution in [0, 0.1) is 0 Å². The van der Waals surface area contributed by atoms with E-state index < -0.39 is 0 Å². The van der Waals surface area contributed by atoms with Crippen molar-refractivity contribution in [1.29, 1.82) is 0 Å². The van der Waals surface area contributed by atoms with Crippen molar-refractivity contribution in [3.05, 3.63) is 30.3 Å². The third kappa shape index (κ3) is 5.09. The lowest BCUT2D eigenvalue weighted by molar-refractivity contribution is 0.709. The second-order valence-electron chi connectivity index (χ2n) is 3.43. The molecule has 0 saturated carbocycles. The summed E-state index contributed by atoms with van der Waals surface area (Å²) in [4.78, 5) is 0. The Morgan fingerprint density at radius 2 is 2.07 bits per heavy atom. The summed E-state index contributed by atoms with van der Waals surface area (Å²) in [5, 5.41) is 3.45. The fraction of sp³-hybridized carbons (Fsp3) is 0.500. The molecule has 2 nitrogen and oxygen atoms in total. The number of hydrogen-bond donors (Lipinski definition) is 2. The van der Waals surface area contributed by atoms with E-state index in [9.17, 15) is 0 Å². The highest BCUT2D eigenvalue weighted by molar-refractivity contribution is 7.99. The molecule has 0 spiro atoms. The molecular weight excluding hydrogens is 204 g/mol. The van der Waals surface area contributed by atoms with E-state index in [-0.39, 0.29) is 0 Å². The first-order valence-electron chi connectivity index (χ1n) is 5.46. The number of nitrogens with two attached hydrogens (primary N) is 1. The minimum atomic E-state index is 0.395. The predicted molar refractivity (Wildman–Crippen MR) is 70.5 cm³/mol. The second-order valence-corrected chi connectivity index (χ2v) is 4.82. The van der Waals surface area contributed by atoms with Crippen molar-refractivity contribution in [1.82, 2.24) is 0 Å². The van der Waals surface area contributed by atoms with Crippen molar-refractivity contribution in [2.75, 3.05) is 23.4 Å². The Balaban J connectivity index is 2.33. The van der Waals surface area contributed by atoms with Gasteiger partial charge in [0.2, 0.25) is 0 Å². The van der Waals surface area contributed by atoms with E-state index >= 15 is 0 Å². The summed E-state index contributed by atoms with van der Waals surface area (Å²) in [5.74, 6) is 2.36. The molecule has 0 aliphatic carbocycles. The van der Waals surface area contributed by atoms with E-state index in [0.717, 1.165) is 12.1 Å². The monoisotopic (exact) mass is 224 g/mol. The highest BCUT2D eigenvalue weighted by Gasteiger charge is 2.05. The summed E-state index contributed by atoms with van der Waals surface area (Å²) < 4.78 is 0. The van der Waals surface area contributed by atoms with Crippen molar-refractivity contribution < 1.29 is 0 Å². The molecule has 1 rings (SSSR count). The molecule has 3 N–H and O–H groups in total. The Hall–Kier alpha value is -0.670. The van der Waals surface area contributed by atoms with Gasteiger partial charge in [-0.25, -0.2) is 0 Å². The molecule has 1 aromatic carbocycles. The topological polar surface area (TPSA) is 38.0 Å². The minimum Gasteiger partial charge on any atom is -0.381 e. The highest BCUT2D eigenvalue weighted by atomic mass is 32.2. The van der Waals surface area contributed by atoms with Gasteiger partial charge in [0, 0.05) is 18.3 Å². The molecule has 15 heavy (non-hydrogen) atoms. The third-order valence-corrected chi connectivity index (χ3v) is 3.18. The van der Waals surface area contributed by atoms with Gasteiger partial charge in [-0.3, -0.25) is 0 Å². The highest BCUT2D eigenvalue weighted by Crippen LogP contribution is 2.10. The van der Waals surface area contributed by atoms with Gasteiger partial charge in [-0.2, -0.15) is 11.8 Å². The zero-order chi connectivity index (χ0) is 10.9. The van der Waals surface area contributed by atoms with Crippen molar-refractivity contribution in [2.45, 2.75) is 19.4 Å². The van der Waals surface area contributed by atoms with E-state index in [0.29, 0.717) is 12.6 Å². The first-order valence-corrected chi connectivity index (χ1v) is 6.61. The molecule has 0 aromatic heterocycles. The van der Waals surface area contributed by atoms with Crippen LogP contribution in [0.4, 0.5) is 5.69 Å². The molecule has 1 aromatic rings. The number of nitrogens with one attached hydrogen (secondary N) is 1. The van der Waals surface area contributed by atoms with Crippen LogP contribution in [-0.2, 0) is 0 Å². The summed E-state index contributed by atoms with van der Waals surface area (Å²) in [6.07, 6.45) is 1.13. The Morgan fingerprint density at radius 3 is 2.67 bits per heavy atom. The quantitative estimate of drug-likeness (QED) is 0.699. The zero-order valence-corrected chi connectivity index (χ0v) is 10.1. The molecule has 0 aliphatic rings.